The molecule has 2 rings (SSSR count). The van der Waals surface area contributed by atoms with Gasteiger partial charge in [0.05, 0.1) is 10.2 Å². The summed E-state index contributed by atoms with van der Waals surface area (Å²) in [5.74, 6) is 0.623. The van der Waals surface area contributed by atoms with E-state index < -0.39 is 0 Å². The fraction of sp³-hybridized carbons (Fsp3) is 0.412. The fourth-order valence-electron chi connectivity index (χ4n) is 2.16. The Morgan fingerprint density at radius 2 is 2.11 bits per heavy atom. The maximum atomic E-state index is 13.3. The van der Waals surface area contributed by atoms with Crippen LogP contribution < -0.4 is 5.73 Å². The number of carbonyl (C=O) groups is 1. The molecule has 1 aromatic heterocycles. The zero-order chi connectivity index (χ0) is 19.6. The Morgan fingerprint density at radius 1 is 1.36 bits per heavy atom. The van der Waals surface area contributed by atoms with E-state index in [1.807, 2.05) is 0 Å². The van der Waals surface area contributed by atoms with Gasteiger partial charge in [0.2, 0.25) is 0 Å². The molecule has 0 aliphatic heterocycles. The Hall–Kier alpha value is -1.82. The van der Waals surface area contributed by atoms with Gasteiger partial charge in [0.25, 0.3) is 0 Å². The second kappa shape index (κ2) is 12.6. The Morgan fingerprint density at radius 3 is 2.82 bits per heavy atom. The summed E-state index contributed by atoms with van der Waals surface area (Å²) >= 11 is 4.50. The molecule has 154 valence electrons. The number of amidine groups is 1. The molecule has 0 saturated heterocycles. The Kier molecular flexibility index (Phi) is 10.9. The van der Waals surface area contributed by atoms with E-state index in [9.17, 15) is 9.18 Å². The number of nitrogens with zero attached hydrogens (tertiary/aromatic N) is 3. The first-order valence-electron chi connectivity index (χ1n) is 8.27. The number of aliphatic imine (C=N–C) groups is 1. The third-order valence-electron chi connectivity index (χ3n) is 3.50. The average Bonchev–Trinajstić information content (AvgIpc) is 3.11. The van der Waals surface area contributed by atoms with Crippen LogP contribution in [0.4, 0.5) is 10.1 Å². The van der Waals surface area contributed by atoms with E-state index in [2.05, 4.69) is 31.2 Å². The number of hydrogen-bond acceptors (Lipinski definition) is 7. The topological polar surface area (TPSA) is 135 Å². The second-order valence-corrected chi connectivity index (χ2v) is 7.54. The van der Waals surface area contributed by atoms with Gasteiger partial charge in [-0.25, -0.2) is 14.0 Å². The van der Waals surface area contributed by atoms with Crippen molar-refractivity contribution in [3.8, 4) is 0 Å². The number of halogens is 2. The van der Waals surface area contributed by atoms with E-state index in [1.165, 1.54) is 30.0 Å². The summed E-state index contributed by atoms with van der Waals surface area (Å²) in [6.07, 6.45) is 2.49. The highest BCUT2D eigenvalue weighted by atomic mass is 79.9. The lowest BCUT2D eigenvalue weighted by atomic mass is 10.1. The maximum absolute atomic E-state index is 13.3. The molecular formula is C17H22BrFN4O4S. The highest BCUT2D eigenvalue weighted by Gasteiger charge is 2.15. The molecule has 0 atom stereocenters. The summed E-state index contributed by atoms with van der Waals surface area (Å²) < 4.78 is 23.3. The van der Waals surface area contributed by atoms with Crippen molar-refractivity contribution in [3.63, 3.8) is 0 Å². The molecule has 1 aromatic carbocycles. The molecule has 0 aliphatic carbocycles. The summed E-state index contributed by atoms with van der Waals surface area (Å²) in [7, 11) is 1.62. The van der Waals surface area contributed by atoms with Crippen molar-refractivity contribution in [1.82, 2.24) is 10.3 Å². The Labute approximate surface area is 174 Å². The van der Waals surface area contributed by atoms with Gasteiger partial charge in [0, 0.05) is 32.3 Å². The lowest BCUT2D eigenvalue weighted by Crippen LogP contribution is -2.14. The number of methoxy groups -OCH3 is 1. The summed E-state index contributed by atoms with van der Waals surface area (Å²) in [5, 5.41) is 8.12. The molecule has 11 heteroatoms. The summed E-state index contributed by atoms with van der Waals surface area (Å²) in [6.45, 7) is 0.595. The maximum Gasteiger partial charge on any atom is 0.183 e. The van der Waals surface area contributed by atoms with Crippen molar-refractivity contribution < 1.29 is 24.0 Å². The number of Topliss-reactive ketones (excluding diaryl/α,β-unsaturated/α-hetero) is 1. The molecule has 0 spiro atoms. The van der Waals surface area contributed by atoms with E-state index in [4.69, 9.17) is 15.1 Å². The van der Waals surface area contributed by atoms with Crippen LogP contribution >= 0.6 is 27.7 Å². The van der Waals surface area contributed by atoms with E-state index in [-0.39, 0.29) is 22.9 Å². The minimum Gasteiger partial charge on any atom is -0.412 e. The monoisotopic (exact) mass is 476 g/mol. The molecular weight excluding hydrogens is 455 g/mol. The number of nitrogens with two attached hydrogens (primary N) is 1. The predicted molar refractivity (Wildman–Crippen MR) is 108 cm³/mol. The van der Waals surface area contributed by atoms with Crippen LogP contribution in [-0.4, -0.2) is 46.9 Å². The first kappa shape index (κ1) is 24.2. The number of rotatable bonds is 11. The van der Waals surface area contributed by atoms with Gasteiger partial charge in [-0.15, -0.1) is 11.8 Å². The minimum atomic E-state index is -0.386. The van der Waals surface area contributed by atoms with Crippen LogP contribution in [0.15, 0.2) is 37.3 Å². The van der Waals surface area contributed by atoms with Crippen LogP contribution in [0.2, 0.25) is 0 Å². The van der Waals surface area contributed by atoms with E-state index in [0.29, 0.717) is 52.5 Å². The molecule has 28 heavy (non-hydrogen) atoms. The predicted octanol–water partition coefficient (Wildman–Crippen LogP) is 3.05. The van der Waals surface area contributed by atoms with Crippen LogP contribution in [0.1, 0.15) is 31.4 Å². The second-order valence-electron chi connectivity index (χ2n) is 5.60. The number of benzene rings is 1. The molecule has 1 heterocycles. The summed E-state index contributed by atoms with van der Waals surface area (Å²) in [4.78, 5) is 15.9. The lowest BCUT2D eigenvalue weighted by Gasteiger charge is -2.02. The zero-order valence-corrected chi connectivity index (χ0v) is 17.7. The molecule has 0 fully saturated rings. The molecule has 0 saturated carbocycles. The molecule has 0 amide bonds. The van der Waals surface area contributed by atoms with Gasteiger partial charge in [-0.2, -0.15) is 0 Å². The van der Waals surface area contributed by atoms with E-state index >= 15 is 0 Å². The largest absolute Gasteiger partial charge is 0.412 e. The number of ketones is 1. The fourth-order valence-corrected chi connectivity index (χ4v) is 3.37. The zero-order valence-electron chi connectivity index (χ0n) is 15.3. The van der Waals surface area contributed by atoms with E-state index in [0.717, 1.165) is 6.42 Å². The van der Waals surface area contributed by atoms with Crippen molar-refractivity contribution in [2.45, 2.75) is 30.7 Å². The van der Waals surface area contributed by atoms with Gasteiger partial charge in [0.15, 0.2) is 16.6 Å². The normalized spacial score (nSPS) is 11.3. The van der Waals surface area contributed by atoms with Gasteiger partial charge in [-0.05, 0) is 57.3 Å². The lowest BCUT2D eigenvalue weighted by molar-refractivity contribution is -0.119. The number of ether oxygens (including phenoxy) is 1. The summed E-state index contributed by atoms with van der Waals surface area (Å²) in [6, 6.07) is 4.30. The van der Waals surface area contributed by atoms with Gasteiger partial charge in [-0.3, -0.25) is 4.79 Å². The van der Waals surface area contributed by atoms with Crippen molar-refractivity contribution >= 4 is 45.0 Å². The number of aromatic nitrogens is 2. The van der Waals surface area contributed by atoms with Crippen LogP contribution in [-0.2, 0) is 9.53 Å². The molecule has 0 aliphatic rings. The molecule has 8 nitrogen and oxygen atoms in total. The third kappa shape index (κ3) is 7.66. The van der Waals surface area contributed by atoms with Crippen molar-refractivity contribution in [1.29, 1.82) is 0 Å². The number of hydrogen-bond donors (Lipinski definition) is 1. The first-order chi connectivity index (χ1) is 13.0. The smallest absolute Gasteiger partial charge is 0.183 e. The number of carbonyl (C=O) groups excluding carboxylic acids is 1. The molecule has 0 radical (unpaired) electrons. The minimum absolute atomic E-state index is 0. The first-order valence-corrected chi connectivity index (χ1v) is 10.0. The highest BCUT2D eigenvalue weighted by Crippen LogP contribution is 2.24. The summed E-state index contributed by atoms with van der Waals surface area (Å²) in [5.41, 5.74) is 6.78. The highest BCUT2D eigenvalue weighted by molar-refractivity contribution is 9.10. The number of thioether (sulfide) groups is 1. The standard InChI is InChI=1S/C17H20BrFN4O3S.H2O/c1-25-8-2-4-12(24)5-3-9-27-17-15(22-26-23-17)16(20)21-11-6-7-14(19)13(18)10-11;/h6-7,10H,2-5,8-9H2,1H3,(H2,20,21);1H2. The van der Waals surface area contributed by atoms with Gasteiger partial charge in [0.1, 0.15) is 11.6 Å². The molecule has 0 unspecified atom stereocenters. The Bertz CT molecular complexity index is 803. The van der Waals surface area contributed by atoms with Crippen molar-refractivity contribution in [2.75, 3.05) is 19.5 Å². The van der Waals surface area contributed by atoms with Crippen molar-refractivity contribution in [2.24, 2.45) is 10.7 Å². The SMILES string of the molecule is COCCCC(=O)CCCSc1nonc1C(N)=Nc1ccc(F)c(Br)c1.O. The van der Waals surface area contributed by atoms with Crippen molar-refractivity contribution in [3.05, 3.63) is 34.2 Å². The van der Waals surface area contributed by atoms with Crippen LogP contribution in [0, 0.1) is 5.82 Å². The van der Waals surface area contributed by atoms with Gasteiger partial charge in [-0.1, -0.05) is 0 Å². The average molecular weight is 477 g/mol. The Balaban J connectivity index is 0.00000392. The molecule has 0 bridgehead atoms. The van der Waals surface area contributed by atoms with E-state index in [1.54, 1.807) is 7.11 Å². The molecule has 4 N–H and O–H groups in total. The molecule has 2 aromatic rings. The van der Waals surface area contributed by atoms with Gasteiger partial charge >= 0.3 is 0 Å². The van der Waals surface area contributed by atoms with Crippen LogP contribution in [0.25, 0.3) is 0 Å². The quantitative estimate of drug-likeness (QED) is 0.227. The third-order valence-corrected chi connectivity index (χ3v) is 5.14. The van der Waals surface area contributed by atoms with Crippen LogP contribution in [0.3, 0.4) is 0 Å². The van der Waals surface area contributed by atoms with Crippen LogP contribution in [0.5, 0.6) is 0 Å². The van der Waals surface area contributed by atoms with Gasteiger partial charge < -0.3 is 15.9 Å².